The summed E-state index contributed by atoms with van der Waals surface area (Å²) >= 11 is 0. The van der Waals surface area contributed by atoms with Gasteiger partial charge in [-0.2, -0.15) is 0 Å². The molecule has 11 nitrogen and oxygen atoms in total. The molecule has 0 radical (unpaired) electrons. The van der Waals surface area contributed by atoms with Gasteiger partial charge in [0.2, 0.25) is 6.29 Å². The highest BCUT2D eigenvalue weighted by molar-refractivity contribution is 5.80. The molecule has 0 saturated carbocycles. The van der Waals surface area contributed by atoms with Crippen LogP contribution in [0, 0.1) is 0 Å². The summed E-state index contributed by atoms with van der Waals surface area (Å²) in [5, 5.41) is 50.5. The lowest BCUT2D eigenvalue weighted by Gasteiger charge is -2.39. The highest BCUT2D eigenvalue weighted by Crippen LogP contribution is 2.24. The molecule has 6 atom stereocenters. The van der Waals surface area contributed by atoms with Crippen LogP contribution in [-0.4, -0.2) is 86.6 Å². The van der Waals surface area contributed by atoms with Crippen molar-refractivity contribution in [3.8, 4) is 5.75 Å². The van der Waals surface area contributed by atoms with Crippen LogP contribution in [0.5, 0.6) is 5.75 Å². The maximum atomic E-state index is 11.9. The molecule has 11 heteroatoms. The molecule has 2 rings (SSSR count). The molecule has 0 spiro atoms. The fourth-order valence-corrected chi connectivity index (χ4v) is 2.89. The van der Waals surface area contributed by atoms with E-state index in [4.69, 9.17) is 14.2 Å². The molecule has 1 heterocycles. The molecular formula is C20H29NO10. The number of nitrogens with one attached hydrogen (secondary N) is 1. The molecule has 1 aromatic rings. The Labute approximate surface area is 179 Å². The molecule has 1 aliphatic heterocycles. The first-order chi connectivity index (χ1) is 14.4. The van der Waals surface area contributed by atoms with Crippen LogP contribution in [0.3, 0.4) is 0 Å². The smallest absolute Gasteiger partial charge is 0.408 e. The minimum Gasteiger partial charge on any atom is -0.480 e. The second-order valence-corrected chi connectivity index (χ2v) is 8.20. The number of ether oxygens (including phenoxy) is 3. The number of carbonyl (C=O) groups excluding carboxylic acids is 1. The van der Waals surface area contributed by atoms with Crippen molar-refractivity contribution in [2.24, 2.45) is 0 Å². The largest absolute Gasteiger partial charge is 0.480 e. The van der Waals surface area contributed by atoms with Crippen LogP contribution in [0.1, 0.15) is 26.3 Å². The van der Waals surface area contributed by atoms with E-state index in [0.29, 0.717) is 5.56 Å². The maximum absolute atomic E-state index is 11.9. The van der Waals surface area contributed by atoms with Gasteiger partial charge < -0.3 is 45.1 Å². The lowest BCUT2D eigenvalue weighted by atomic mass is 9.99. The quantitative estimate of drug-likeness (QED) is 0.319. The van der Waals surface area contributed by atoms with Crippen LogP contribution < -0.4 is 10.1 Å². The maximum Gasteiger partial charge on any atom is 0.408 e. The molecule has 6 N–H and O–H groups in total. The molecule has 1 saturated heterocycles. The summed E-state index contributed by atoms with van der Waals surface area (Å²) < 4.78 is 15.8. The predicted molar refractivity (Wildman–Crippen MR) is 105 cm³/mol. The van der Waals surface area contributed by atoms with Gasteiger partial charge in [0, 0.05) is 6.42 Å². The summed E-state index contributed by atoms with van der Waals surface area (Å²) in [6.07, 6.45) is -7.90. The summed E-state index contributed by atoms with van der Waals surface area (Å²) in [6, 6.07) is 4.89. The Balaban J connectivity index is 2.00. The molecule has 0 aromatic heterocycles. The zero-order chi connectivity index (χ0) is 23.3. The number of hydrogen-bond acceptors (Lipinski definition) is 9. The SMILES string of the molecule is CC(C)(C)OC(=O)N[C@@H](Cc1ccc(O[C@@H]2O[C@H](CO)C(O)C(O)[C@H]2O)cc1)C(=O)O. The number of aliphatic carboxylic acids is 1. The van der Waals surface area contributed by atoms with Crippen molar-refractivity contribution < 1.29 is 49.3 Å². The van der Waals surface area contributed by atoms with Gasteiger partial charge in [0.1, 0.15) is 41.8 Å². The third-order valence-corrected chi connectivity index (χ3v) is 4.45. The van der Waals surface area contributed by atoms with Gasteiger partial charge in [-0.15, -0.1) is 0 Å². The van der Waals surface area contributed by atoms with Crippen molar-refractivity contribution in [2.75, 3.05) is 6.61 Å². The molecular weight excluding hydrogens is 414 g/mol. The van der Waals surface area contributed by atoms with E-state index in [1.165, 1.54) is 12.1 Å². The van der Waals surface area contributed by atoms with E-state index in [1.54, 1.807) is 32.9 Å². The summed E-state index contributed by atoms with van der Waals surface area (Å²) in [5.41, 5.74) is -0.194. The van der Waals surface area contributed by atoms with Crippen LogP contribution in [0.4, 0.5) is 4.79 Å². The van der Waals surface area contributed by atoms with E-state index < -0.39 is 61.0 Å². The molecule has 1 amide bonds. The average molecular weight is 443 g/mol. The van der Waals surface area contributed by atoms with Gasteiger partial charge >= 0.3 is 12.1 Å². The fourth-order valence-electron chi connectivity index (χ4n) is 2.89. The van der Waals surface area contributed by atoms with Crippen LogP contribution in [0.25, 0.3) is 0 Å². The first-order valence-corrected chi connectivity index (χ1v) is 9.69. The summed E-state index contributed by atoms with van der Waals surface area (Å²) in [4.78, 5) is 23.3. The highest BCUT2D eigenvalue weighted by Gasteiger charge is 2.44. The van der Waals surface area contributed by atoms with E-state index >= 15 is 0 Å². The van der Waals surface area contributed by atoms with Crippen molar-refractivity contribution in [3.05, 3.63) is 29.8 Å². The van der Waals surface area contributed by atoms with Gasteiger partial charge in [-0.3, -0.25) is 0 Å². The normalized spacial score (nSPS) is 27.3. The second-order valence-electron chi connectivity index (χ2n) is 8.20. The lowest BCUT2D eigenvalue weighted by molar-refractivity contribution is -0.277. The molecule has 0 aliphatic carbocycles. The van der Waals surface area contributed by atoms with Crippen molar-refractivity contribution in [2.45, 2.75) is 69.5 Å². The molecule has 1 aliphatic rings. The van der Waals surface area contributed by atoms with Gasteiger partial charge in [-0.05, 0) is 38.5 Å². The van der Waals surface area contributed by atoms with Gasteiger partial charge in [0.05, 0.1) is 6.61 Å². The number of benzene rings is 1. The number of aliphatic hydroxyl groups excluding tert-OH is 4. The number of amides is 1. The minimum absolute atomic E-state index is 0.0189. The van der Waals surface area contributed by atoms with E-state index in [0.717, 1.165) is 0 Å². The Kier molecular flexibility index (Phi) is 8.21. The summed E-state index contributed by atoms with van der Waals surface area (Å²) in [5.74, 6) is -0.993. The fraction of sp³-hybridized carbons (Fsp3) is 0.600. The Morgan fingerprint density at radius 1 is 1.10 bits per heavy atom. The van der Waals surface area contributed by atoms with Crippen LogP contribution in [0.15, 0.2) is 24.3 Å². The van der Waals surface area contributed by atoms with E-state index in [9.17, 15) is 35.1 Å². The van der Waals surface area contributed by atoms with Gasteiger partial charge in [-0.25, -0.2) is 9.59 Å². The van der Waals surface area contributed by atoms with Gasteiger partial charge in [0.25, 0.3) is 0 Å². The van der Waals surface area contributed by atoms with E-state index in [2.05, 4.69) is 5.32 Å². The highest BCUT2D eigenvalue weighted by atomic mass is 16.7. The number of aliphatic hydroxyl groups is 4. The minimum atomic E-state index is -1.56. The Bertz CT molecular complexity index is 745. The zero-order valence-corrected chi connectivity index (χ0v) is 17.5. The third-order valence-electron chi connectivity index (χ3n) is 4.45. The van der Waals surface area contributed by atoms with Crippen molar-refractivity contribution >= 4 is 12.1 Å². The molecule has 1 fully saturated rings. The van der Waals surface area contributed by atoms with Crippen LogP contribution in [-0.2, 0) is 20.7 Å². The number of carboxylic acids is 1. The van der Waals surface area contributed by atoms with E-state index in [-0.39, 0.29) is 12.2 Å². The van der Waals surface area contributed by atoms with Crippen molar-refractivity contribution in [3.63, 3.8) is 0 Å². The monoisotopic (exact) mass is 443 g/mol. The molecule has 2 unspecified atom stereocenters. The zero-order valence-electron chi connectivity index (χ0n) is 17.5. The number of carboxylic acid groups (broad SMARTS) is 1. The first-order valence-electron chi connectivity index (χ1n) is 9.69. The van der Waals surface area contributed by atoms with Crippen LogP contribution in [0.2, 0.25) is 0 Å². The van der Waals surface area contributed by atoms with Crippen LogP contribution >= 0.6 is 0 Å². The number of rotatable bonds is 7. The number of alkyl carbamates (subject to hydrolysis) is 1. The third kappa shape index (κ3) is 7.04. The standard InChI is InChI=1S/C20H29NO10/c1-20(2,3)31-19(28)21-12(17(26)27)8-10-4-6-11(7-5-10)29-18-16(25)15(24)14(23)13(9-22)30-18/h4-7,12-16,18,22-25H,8-9H2,1-3H3,(H,21,28)(H,26,27)/t12-,13+,14?,15?,16+,18+/m0/s1. The number of hydrogen-bond donors (Lipinski definition) is 6. The first kappa shape index (κ1) is 24.8. The molecule has 174 valence electrons. The molecule has 31 heavy (non-hydrogen) atoms. The Morgan fingerprint density at radius 2 is 1.71 bits per heavy atom. The Hall–Kier alpha value is -2.44. The molecule has 1 aromatic carbocycles. The average Bonchev–Trinajstić information content (AvgIpc) is 2.67. The van der Waals surface area contributed by atoms with E-state index in [1.807, 2.05) is 0 Å². The second kappa shape index (κ2) is 10.2. The predicted octanol–water partition coefficient (Wildman–Crippen LogP) is -0.614. The molecule has 0 bridgehead atoms. The topological polar surface area (TPSA) is 175 Å². The Morgan fingerprint density at radius 3 is 2.23 bits per heavy atom. The van der Waals surface area contributed by atoms with Crippen molar-refractivity contribution in [1.29, 1.82) is 0 Å². The van der Waals surface area contributed by atoms with Gasteiger partial charge in [-0.1, -0.05) is 12.1 Å². The summed E-state index contributed by atoms with van der Waals surface area (Å²) in [7, 11) is 0. The summed E-state index contributed by atoms with van der Waals surface area (Å²) in [6.45, 7) is 4.41. The lowest BCUT2D eigenvalue weighted by Crippen LogP contribution is -2.60. The van der Waals surface area contributed by atoms with Crippen molar-refractivity contribution in [1.82, 2.24) is 5.32 Å². The number of carbonyl (C=O) groups is 2. The van der Waals surface area contributed by atoms with Gasteiger partial charge in [0.15, 0.2) is 0 Å².